The molecule has 0 spiro atoms. The van der Waals surface area contributed by atoms with Crippen LogP contribution in [0.4, 0.5) is 0 Å². The number of rotatable bonds is 5. The van der Waals surface area contributed by atoms with Crippen molar-refractivity contribution >= 4 is 11.8 Å². The quantitative estimate of drug-likeness (QED) is 0.899. The molecule has 1 unspecified atom stereocenters. The molecule has 2 aromatic rings. The Kier molecular flexibility index (Phi) is 4.38. The third-order valence-electron chi connectivity index (χ3n) is 2.67. The van der Waals surface area contributed by atoms with E-state index < -0.39 is 0 Å². The van der Waals surface area contributed by atoms with Gasteiger partial charge in [0, 0.05) is 25.5 Å². The largest absolute Gasteiger partial charge is 0.310 e. The Bertz CT molecular complexity index is 509. The average molecular weight is 262 g/mol. The summed E-state index contributed by atoms with van der Waals surface area (Å²) in [5.74, 6) is 0. The molecule has 0 amide bonds. The molecule has 0 aromatic carbocycles. The zero-order chi connectivity index (χ0) is 13.0. The molecule has 5 heteroatoms. The smallest absolute Gasteiger partial charge is 0.101 e. The number of hydrogen-bond acceptors (Lipinski definition) is 4. The lowest BCUT2D eigenvalue weighted by Gasteiger charge is -2.12. The number of aryl methyl sites for hydroxylation is 1. The zero-order valence-corrected chi connectivity index (χ0v) is 11.7. The van der Waals surface area contributed by atoms with E-state index in [1.54, 1.807) is 16.4 Å². The first-order valence-corrected chi connectivity index (χ1v) is 6.86. The second kappa shape index (κ2) is 6.02. The van der Waals surface area contributed by atoms with E-state index in [4.69, 9.17) is 0 Å². The topological polar surface area (TPSA) is 42.7 Å². The molecule has 0 fully saturated rings. The second-order valence-corrected chi connectivity index (χ2v) is 5.25. The van der Waals surface area contributed by atoms with Crippen LogP contribution in [0.1, 0.15) is 25.5 Å². The molecule has 0 aliphatic carbocycles. The molecule has 0 aliphatic heterocycles. The van der Waals surface area contributed by atoms with Crippen molar-refractivity contribution in [3.05, 3.63) is 36.3 Å². The molecule has 2 aromatic heterocycles. The van der Waals surface area contributed by atoms with Gasteiger partial charge in [0.05, 0.1) is 11.1 Å². The van der Waals surface area contributed by atoms with Crippen molar-refractivity contribution < 1.29 is 0 Å². The van der Waals surface area contributed by atoms with E-state index in [0.717, 1.165) is 16.5 Å². The molecule has 4 nitrogen and oxygen atoms in total. The molecule has 1 N–H and O–H groups in total. The van der Waals surface area contributed by atoms with Gasteiger partial charge >= 0.3 is 0 Å². The predicted octanol–water partition coefficient (Wildman–Crippen LogP) is 2.64. The van der Waals surface area contributed by atoms with Gasteiger partial charge in [0.15, 0.2) is 0 Å². The van der Waals surface area contributed by atoms with E-state index in [9.17, 15) is 0 Å². The highest BCUT2D eigenvalue weighted by Gasteiger charge is 2.06. The number of nitrogens with zero attached hydrogens (tertiary/aromatic N) is 3. The summed E-state index contributed by atoms with van der Waals surface area (Å²) in [5.41, 5.74) is 1.26. The molecule has 18 heavy (non-hydrogen) atoms. The zero-order valence-electron chi connectivity index (χ0n) is 10.9. The Morgan fingerprint density at radius 2 is 2.33 bits per heavy atom. The van der Waals surface area contributed by atoms with Crippen molar-refractivity contribution in [3.8, 4) is 0 Å². The minimum absolute atomic E-state index is 0.353. The third-order valence-corrected chi connectivity index (χ3v) is 3.55. The van der Waals surface area contributed by atoms with E-state index in [1.807, 2.05) is 25.6 Å². The molecule has 96 valence electrons. The van der Waals surface area contributed by atoms with Gasteiger partial charge in [-0.05, 0) is 31.2 Å². The first-order chi connectivity index (χ1) is 8.69. The Morgan fingerprint density at radius 3 is 3.00 bits per heavy atom. The Hall–Kier alpha value is -1.33. The van der Waals surface area contributed by atoms with Crippen molar-refractivity contribution in [3.63, 3.8) is 0 Å². The summed E-state index contributed by atoms with van der Waals surface area (Å²) in [6, 6.07) is 4.54. The van der Waals surface area contributed by atoms with Crippen LogP contribution >= 0.6 is 11.8 Å². The van der Waals surface area contributed by atoms with Crippen LogP contribution in [-0.4, -0.2) is 21.3 Å². The van der Waals surface area contributed by atoms with Gasteiger partial charge in [-0.3, -0.25) is 4.68 Å². The Labute approximate surface area is 112 Å². The summed E-state index contributed by atoms with van der Waals surface area (Å²) >= 11 is 1.64. The van der Waals surface area contributed by atoms with Crippen LogP contribution in [0.3, 0.4) is 0 Å². The molecule has 2 rings (SSSR count). The summed E-state index contributed by atoms with van der Waals surface area (Å²) in [4.78, 5) is 5.49. The highest BCUT2D eigenvalue weighted by molar-refractivity contribution is 7.99. The molecule has 0 saturated carbocycles. The molecule has 0 aliphatic rings. The summed E-state index contributed by atoms with van der Waals surface area (Å²) in [5, 5.41) is 8.56. The molecule has 0 radical (unpaired) electrons. The van der Waals surface area contributed by atoms with Gasteiger partial charge in [-0.2, -0.15) is 5.10 Å². The number of aromatic nitrogens is 3. The summed E-state index contributed by atoms with van der Waals surface area (Å²) in [6.45, 7) is 5.24. The number of nitrogens with one attached hydrogen (secondary N) is 1. The maximum Gasteiger partial charge on any atom is 0.101 e. The number of pyridine rings is 1. The SMILES string of the molecule is CCNC(C)c1ccnc(Sc2cnn(C)c2)c1. The van der Waals surface area contributed by atoms with Crippen LogP contribution in [0, 0.1) is 0 Å². The van der Waals surface area contributed by atoms with Gasteiger partial charge in [0.2, 0.25) is 0 Å². The van der Waals surface area contributed by atoms with E-state index in [-0.39, 0.29) is 0 Å². The predicted molar refractivity (Wildman–Crippen MR) is 73.7 cm³/mol. The average Bonchev–Trinajstić information content (AvgIpc) is 2.75. The van der Waals surface area contributed by atoms with Crippen molar-refractivity contribution in [2.24, 2.45) is 7.05 Å². The first-order valence-electron chi connectivity index (χ1n) is 6.05. The standard InChI is InChI=1S/C13H18N4S/c1-4-14-10(2)11-5-6-15-13(7-11)18-12-8-16-17(3)9-12/h5-10,14H,4H2,1-3H3. The third kappa shape index (κ3) is 3.34. The van der Waals surface area contributed by atoms with Crippen molar-refractivity contribution in [1.82, 2.24) is 20.1 Å². The molecular formula is C13H18N4S. The van der Waals surface area contributed by atoms with Crippen molar-refractivity contribution in [1.29, 1.82) is 0 Å². The van der Waals surface area contributed by atoms with Gasteiger partial charge in [0.25, 0.3) is 0 Å². The highest BCUT2D eigenvalue weighted by atomic mass is 32.2. The van der Waals surface area contributed by atoms with Crippen molar-refractivity contribution in [2.75, 3.05) is 6.54 Å². The lowest BCUT2D eigenvalue weighted by molar-refractivity contribution is 0.596. The fourth-order valence-corrected chi connectivity index (χ4v) is 2.60. The lowest BCUT2D eigenvalue weighted by Crippen LogP contribution is -2.17. The van der Waals surface area contributed by atoms with Gasteiger partial charge in [-0.15, -0.1) is 0 Å². The molecular weight excluding hydrogens is 244 g/mol. The molecule has 2 heterocycles. The van der Waals surface area contributed by atoms with Gasteiger partial charge in [0.1, 0.15) is 5.03 Å². The van der Waals surface area contributed by atoms with Crippen LogP contribution in [0.2, 0.25) is 0 Å². The van der Waals surface area contributed by atoms with Crippen LogP contribution in [0.25, 0.3) is 0 Å². The maximum absolute atomic E-state index is 4.38. The Balaban J connectivity index is 2.12. The Morgan fingerprint density at radius 1 is 1.50 bits per heavy atom. The van der Waals surface area contributed by atoms with E-state index in [1.165, 1.54) is 5.56 Å². The van der Waals surface area contributed by atoms with Crippen LogP contribution in [-0.2, 0) is 7.05 Å². The molecule has 1 atom stereocenters. The second-order valence-electron chi connectivity index (χ2n) is 4.16. The summed E-state index contributed by atoms with van der Waals surface area (Å²) in [6.07, 6.45) is 5.71. The first kappa shape index (κ1) is 13.1. The summed E-state index contributed by atoms with van der Waals surface area (Å²) in [7, 11) is 1.92. The van der Waals surface area contributed by atoms with Crippen LogP contribution in [0.15, 0.2) is 40.6 Å². The fraction of sp³-hybridized carbons (Fsp3) is 0.385. The van der Waals surface area contributed by atoms with Crippen LogP contribution < -0.4 is 5.32 Å². The lowest BCUT2D eigenvalue weighted by atomic mass is 10.1. The maximum atomic E-state index is 4.38. The molecule has 0 bridgehead atoms. The van der Waals surface area contributed by atoms with Crippen LogP contribution in [0.5, 0.6) is 0 Å². The monoisotopic (exact) mass is 262 g/mol. The normalized spacial score (nSPS) is 12.6. The van der Waals surface area contributed by atoms with Gasteiger partial charge < -0.3 is 5.32 Å². The minimum atomic E-state index is 0.353. The van der Waals surface area contributed by atoms with Gasteiger partial charge in [-0.1, -0.05) is 18.7 Å². The van der Waals surface area contributed by atoms with E-state index in [0.29, 0.717) is 6.04 Å². The fourth-order valence-electron chi connectivity index (χ4n) is 1.75. The molecule has 0 saturated heterocycles. The minimum Gasteiger partial charge on any atom is -0.310 e. The van der Waals surface area contributed by atoms with E-state index in [2.05, 4.69) is 41.4 Å². The van der Waals surface area contributed by atoms with Gasteiger partial charge in [-0.25, -0.2) is 4.98 Å². The van der Waals surface area contributed by atoms with E-state index >= 15 is 0 Å². The van der Waals surface area contributed by atoms with Crippen molar-refractivity contribution in [2.45, 2.75) is 29.8 Å². The number of hydrogen-bond donors (Lipinski definition) is 1. The summed E-state index contributed by atoms with van der Waals surface area (Å²) < 4.78 is 1.80. The highest BCUT2D eigenvalue weighted by Crippen LogP contribution is 2.26.